The van der Waals surface area contributed by atoms with Gasteiger partial charge in [0.05, 0.1) is 10.6 Å². The summed E-state index contributed by atoms with van der Waals surface area (Å²) in [7, 11) is -3.95. The van der Waals surface area contributed by atoms with Gasteiger partial charge in [-0.15, -0.1) is 0 Å². The molecule has 1 amide bonds. The normalized spacial score (nSPS) is 11.2. The fraction of sp³-hybridized carbons (Fsp3) is 0.208. The van der Waals surface area contributed by atoms with Gasteiger partial charge in [-0.3, -0.25) is 9.10 Å². The number of aryl methyl sites for hydroxylation is 3. The lowest BCUT2D eigenvalue weighted by molar-refractivity contribution is -0.114. The molecule has 0 aromatic heterocycles. The second-order valence-corrected chi connectivity index (χ2v) is 9.63. The second-order valence-electron chi connectivity index (χ2n) is 7.36. The number of carbonyl (C=O) groups is 1. The maximum absolute atomic E-state index is 13.4. The largest absolute Gasteiger partial charge is 0.324 e. The van der Waals surface area contributed by atoms with Crippen LogP contribution in [0.2, 0.25) is 5.02 Å². The van der Waals surface area contributed by atoms with E-state index in [0.29, 0.717) is 16.4 Å². The number of nitrogens with one attached hydrogen (secondary N) is 1. The molecule has 0 aliphatic rings. The average molecular weight is 457 g/mol. The molecule has 1 N–H and O–H groups in total. The third-order valence-corrected chi connectivity index (χ3v) is 7.18. The first-order chi connectivity index (χ1) is 14.7. The number of benzene rings is 3. The summed E-state index contributed by atoms with van der Waals surface area (Å²) in [5.74, 6) is -0.463. The van der Waals surface area contributed by atoms with Gasteiger partial charge < -0.3 is 5.32 Å². The van der Waals surface area contributed by atoms with Crippen LogP contribution in [0.3, 0.4) is 0 Å². The maximum Gasteiger partial charge on any atom is 0.264 e. The van der Waals surface area contributed by atoms with E-state index in [-0.39, 0.29) is 11.4 Å². The van der Waals surface area contributed by atoms with E-state index in [4.69, 9.17) is 11.6 Å². The van der Waals surface area contributed by atoms with Gasteiger partial charge in [-0.2, -0.15) is 0 Å². The van der Waals surface area contributed by atoms with Crippen molar-refractivity contribution < 1.29 is 13.2 Å². The van der Waals surface area contributed by atoms with Crippen LogP contribution in [-0.2, 0) is 21.2 Å². The quantitative estimate of drug-likeness (QED) is 0.520. The van der Waals surface area contributed by atoms with Gasteiger partial charge in [0.1, 0.15) is 6.54 Å². The van der Waals surface area contributed by atoms with Crippen molar-refractivity contribution in [2.45, 2.75) is 32.1 Å². The Bertz CT molecular complexity index is 1170. The molecular weight excluding hydrogens is 432 g/mol. The molecule has 0 bridgehead atoms. The highest BCUT2D eigenvalue weighted by Gasteiger charge is 2.27. The van der Waals surface area contributed by atoms with Crippen LogP contribution in [0.5, 0.6) is 0 Å². The summed E-state index contributed by atoms with van der Waals surface area (Å²) in [6.45, 7) is 5.41. The molecule has 0 radical (unpaired) electrons. The minimum atomic E-state index is -3.95. The van der Waals surface area contributed by atoms with Gasteiger partial charge in [-0.1, -0.05) is 54.4 Å². The van der Waals surface area contributed by atoms with Crippen LogP contribution in [0.4, 0.5) is 11.4 Å². The van der Waals surface area contributed by atoms with E-state index in [9.17, 15) is 13.2 Å². The van der Waals surface area contributed by atoms with Crippen molar-refractivity contribution in [3.63, 3.8) is 0 Å². The Balaban J connectivity index is 1.93. The zero-order valence-corrected chi connectivity index (χ0v) is 19.3. The fourth-order valence-electron chi connectivity index (χ4n) is 3.05. The number of sulfonamides is 1. The highest BCUT2D eigenvalue weighted by molar-refractivity contribution is 7.92. The number of amides is 1. The summed E-state index contributed by atoms with van der Waals surface area (Å²) in [5, 5.41) is 3.26. The number of rotatable bonds is 7. The summed E-state index contributed by atoms with van der Waals surface area (Å²) in [6.07, 6.45) is 0.833. The Labute approximate surface area is 188 Å². The number of carbonyl (C=O) groups excluding carboxylic acids is 1. The molecule has 0 spiro atoms. The Morgan fingerprint density at radius 2 is 1.61 bits per heavy atom. The molecular formula is C24H25ClN2O3S. The minimum absolute atomic E-state index is 0.129. The van der Waals surface area contributed by atoms with Crippen molar-refractivity contribution in [2.24, 2.45) is 0 Å². The minimum Gasteiger partial charge on any atom is -0.324 e. The number of anilines is 2. The molecule has 31 heavy (non-hydrogen) atoms. The molecule has 0 unspecified atom stereocenters. The van der Waals surface area contributed by atoms with Crippen LogP contribution in [0.1, 0.15) is 23.6 Å². The number of nitrogens with zero attached hydrogens (tertiary/aromatic N) is 1. The first kappa shape index (κ1) is 22.8. The van der Waals surface area contributed by atoms with E-state index in [1.165, 1.54) is 0 Å². The predicted molar refractivity (Wildman–Crippen MR) is 126 cm³/mol. The Morgan fingerprint density at radius 1 is 0.968 bits per heavy atom. The predicted octanol–water partition coefficient (Wildman–Crippen LogP) is 5.35. The Morgan fingerprint density at radius 3 is 2.19 bits per heavy atom. The van der Waals surface area contributed by atoms with Gasteiger partial charge in [-0.25, -0.2) is 8.42 Å². The van der Waals surface area contributed by atoms with Crippen LogP contribution in [-0.4, -0.2) is 20.9 Å². The molecule has 3 aromatic carbocycles. The van der Waals surface area contributed by atoms with Crippen LogP contribution in [0.25, 0.3) is 0 Å². The number of hydrogen-bond acceptors (Lipinski definition) is 3. The standard InChI is InChI=1S/C24H25ClN2O3S/c1-4-19-8-11-21(12-9-19)27(31(29,30)22-13-5-17(2)6-14-22)16-24(28)26-20-10-7-18(3)23(25)15-20/h5-15H,4,16H2,1-3H3,(H,26,28). The molecule has 3 rings (SSSR count). The maximum atomic E-state index is 13.4. The molecule has 162 valence electrons. The lowest BCUT2D eigenvalue weighted by Gasteiger charge is -2.24. The van der Waals surface area contributed by atoms with E-state index < -0.39 is 15.9 Å². The summed E-state index contributed by atoms with van der Waals surface area (Å²) < 4.78 is 27.9. The molecule has 0 saturated carbocycles. The van der Waals surface area contributed by atoms with E-state index in [0.717, 1.165) is 27.4 Å². The van der Waals surface area contributed by atoms with Gasteiger partial charge in [0.2, 0.25) is 5.91 Å². The molecule has 5 nitrogen and oxygen atoms in total. The lowest BCUT2D eigenvalue weighted by atomic mass is 10.1. The third-order valence-electron chi connectivity index (χ3n) is 4.98. The molecule has 7 heteroatoms. The van der Waals surface area contributed by atoms with Gasteiger partial charge >= 0.3 is 0 Å². The average Bonchev–Trinajstić information content (AvgIpc) is 2.75. The highest BCUT2D eigenvalue weighted by Crippen LogP contribution is 2.25. The smallest absolute Gasteiger partial charge is 0.264 e. The van der Waals surface area contributed by atoms with E-state index in [1.54, 1.807) is 54.6 Å². The second kappa shape index (κ2) is 9.54. The van der Waals surface area contributed by atoms with Crippen molar-refractivity contribution in [2.75, 3.05) is 16.2 Å². The molecule has 0 saturated heterocycles. The van der Waals surface area contributed by atoms with Gasteiger partial charge in [0.15, 0.2) is 0 Å². The van der Waals surface area contributed by atoms with Crippen LogP contribution in [0, 0.1) is 13.8 Å². The first-order valence-corrected chi connectivity index (χ1v) is 11.8. The van der Waals surface area contributed by atoms with E-state index in [2.05, 4.69) is 5.32 Å². The summed E-state index contributed by atoms with van der Waals surface area (Å²) in [6, 6.07) is 18.9. The summed E-state index contributed by atoms with van der Waals surface area (Å²) in [5.41, 5.74) is 3.85. The van der Waals surface area contributed by atoms with Crippen molar-refractivity contribution in [3.05, 3.63) is 88.4 Å². The van der Waals surface area contributed by atoms with Gasteiger partial charge in [0, 0.05) is 10.7 Å². The van der Waals surface area contributed by atoms with Crippen molar-refractivity contribution in [1.29, 1.82) is 0 Å². The number of halogens is 1. The van der Waals surface area contributed by atoms with Crippen molar-refractivity contribution in [3.8, 4) is 0 Å². The monoisotopic (exact) mass is 456 g/mol. The van der Waals surface area contributed by atoms with E-state index in [1.807, 2.05) is 32.9 Å². The van der Waals surface area contributed by atoms with Crippen molar-refractivity contribution in [1.82, 2.24) is 0 Å². The Hall–Kier alpha value is -2.83. The fourth-order valence-corrected chi connectivity index (χ4v) is 4.65. The molecule has 0 aliphatic heterocycles. The summed E-state index contributed by atoms with van der Waals surface area (Å²) >= 11 is 6.14. The van der Waals surface area contributed by atoms with Crippen LogP contribution in [0.15, 0.2) is 71.6 Å². The molecule has 0 aliphatic carbocycles. The highest BCUT2D eigenvalue weighted by atomic mass is 35.5. The third kappa shape index (κ3) is 5.46. The van der Waals surface area contributed by atoms with Crippen molar-refractivity contribution >= 4 is 38.9 Å². The van der Waals surface area contributed by atoms with Crippen LogP contribution >= 0.6 is 11.6 Å². The number of hydrogen-bond donors (Lipinski definition) is 1. The zero-order chi connectivity index (χ0) is 22.6. The summed E-state index contributed by atoms with van der Waals surface area (Å²) in [4.78, 5) is 12.9. The lowest BCUT2D eigenvalue weighted by Crippen LogP contribution is -2.38. The first-order valence-electron chi connectivity index (χ1n) is 9.95. The SMILES string of the molecule is CCc1ccc(N(CC(=O)Nc2ccc(C)c(Cl)c2)S(=O)(=O)c2ccc(C)cc2)cc1. The molecule has 0 fully saturated rings. The topological polar surface area (TPSA) is 66.5 Å². The molecule has 0 atom stereocenters. The van der Waals surface area contributed by atoms with E-state index >= 15 is 0 Å². The molecule has 0 heterocycles. The zero-order valence-electron chi connectivity index (χ0n) is 17.7. The Kier molecular flexibility index (Phi) is 7.03. The molecule has 3 aromatic rings. The van der Waals surface area contributed by atoms with Gasteiger partial charge in [-0.05, 0) is 67.8 Å². The van der Waals surface area contributed by atoms with Gasteiger partial charge in [0.25, 0.3) is 10.0 Å². The van der Waals surface area contributed by atoms with Crippen LogP contribution < -0.4 is 9.62 Å².